The van der Waals surface area contributed by atoms with Crippen LogP contribution in [0.25, 0.3) is 0 Å². The Balaban J connectivity index is 0.00000338. The number of sulfonamides is 1. The van der Waals surface area contributed by atoms with Crippen LogP contribution in [0.5, 0.6) is 0 Å². The number of halogens is 1. The molecular weight excluding hydrogens is 374 g/mol. The molecule has 0 aliphatic rings. The number of benzene rings is 2. The molecule has 0 saturated carbocycles. The van der Waals surface area contributed by atoms with Crippen LogP contribution in [0.15, 0.2) is 59.5 Å². The summed E-state index contributed by atoms with van der Waals surface area (Å²) in [5.41, 5.74) is 6.82. The largest absolute Gasteiger partial charge is 0.325 e. The van der Waals surface area contributed by atoms with E-state index in [1.165, 1.54) is 12.1 Å². The summed E-state index contributed by atoms with van der Waals surface area (Å²) in [5.74, 6) is 0.0315. The number of carbonyl (C=O) groups is 1. The molecule has 0 bridgehead atoms. The zero-order valence-corrected chi connectivity index (χ0v) is 16.3. The van der Waals surface area contributed by atoms with Crippen molar-refractivity contribution in [1.29, 1.82) is 0 Å². The molecule has 4 N–H and O–H groups in total. The standard InChI is InChI=1S/C18H23N3O3S.ClH/c1-13(2)12-17(19)18(22)20-14-8-10-16(11-9-14)25(23,24)21-15-6-4-3-5-7-15;/h3-11,13,17,21H,12,19H2,1-2H3,(H,20,22);1H/t17-;/m0./s1. The van der Waals surface area contributed by atoms with Gasteiger partial charge in [-0.1, -0.05) is 32.0 Å². The summed E-state index contributed by atoms with van der Waals surface area (Å²) in [6, 6.07) is 14.0. The van der Waals surface area contributed by atoms with Gasteiger partial charge in [-0.15, -0.1) is 12.4 Å². The maximum Gasteiger partial charge on any atom is 0.261 e. The lowest BCUT2D eigenvalue weighted by Gasteiger charge is -2.14. The molecule has 0 unspecified atom stereocenters. The number of hydrogen-bond donors (Lipinski definition) is 3. The Morgan fingerprint density at radius 1 is 1.00 bits per heavy atom. The van der Waals surface area contributed by atoms with Gasteiger partial charge in [0.05, 0.1) is 10.9 Å². The first-order valence-electron chi connectivity index (χ1n) is 8.02. The van der Waals surface area contributed by atoms with E-state index in [4.69, 9.17) is 5.73 Å². The Bertz CT molecular complexity index is 809. The van der Waals surface area contributed by atoms with Gasteiger partial charge in [0.2, 0.25) is 5.91 Å². The highest BCUT2D eigenvalue weighted by Crippen LogP contribution is 2.18. The third kappa shape index (κ3) is 6.33. The first kappa shape index (κ1) is 22.0. The lowest BCUT2D eigenvalue weighted by molar-refractivity contribution is -0.117. The summed E-state index contributed by atoms with van der Waals surface area (Å²) in [5, 5.41) is 2.70. The van der Waals surface area contributed by atoms with Crippen molar-refractivity contribution in [2.75, 3.05) is 10.0 Å². The maximum absolute atomic E-state index is 12.3. The highest BCUT2D eigenvalue weighted by atomic mass is 35.5. The summed E-state index contributed by atoms with van der Waals surface area (Å²) in [4.78, 5) is 12.1. The summed E-state index contributed by atoms with van der Waals surface area (Å²) in [6.45, 7) is 3.99. The number of amides is 1. The Kier molecular flexibility index (Phi) is 8.08. The molecule has 0 aliphatic heterocycles. The number of nitrogens with one attached hydrogen (secondary N) is 2. The number of carbonyl (C=O) groups excluding carboxylic acids is 1. The molecule has 0 heterocycles. The van der Waals surface area contributed by atoms with Crippen molar-refractivity contribution in [1.82, 2.24) is 0 Å². The molecule has 2 aromatic carbocycles. The third-order valence-corrected chi connectivity index (χ3v) is 4.92. The number of para-hydroxylation sites is 1. The monoisotopic (exact) mass is 397 g/mol. The van der Waals surface area contributed by atoms with Crippen LogP contribution in [0.3, 0.4) is 0 Å². The highest BCUT2D eigenvalue weighted by Gasteiger charge is 2.17. The van der Waals surface area contributed by atoms with E-state index in [1.54, 1.807) is 42.5 Å². The van der Waals surface area contributed by atoms with E-state index in [0.29, 0.717) is 23.7 Å². The molecule has 0 saturated heterocycles. The predicted octanol–water partition coefficient (Wildman–Crippen LogP) is 3.22. The summed E-state index contributed by atoms with van der Waals surface area (Å²) < 4.78 is 27.2. The van der Waals surface area contributed by atoms with Gasteiger partial charge >= 0.3 is 0 Å². The minimum absolute atomic E-state index is 0. The smallest absolute Gasteiger partial charge is 0.261 e. The van der Waals surface area contributed by atoms with E-state index in [1.807, 2.05) is 13.8 Å². The minimum atomic E-state index is -3.68. The van der Waals surface area contributed by atoms with Crippen LogP contribution in [-0.4, -0.2) is 20.4 Å². The average Bonchev–Trinajstić information content (AvgIpc) is 2.55. The topological polar surface area (TPSA) is 101 Å². The normalized spacial score (nSPS) is 12.2. The second-order valence-electron chi connectivity index (χ2n) is 6.22. The van der Waals surface area contributed by atoms with Crippen molar-refractivity contribution in [3.8, 4) is 0 Å². The van der Waals surface area contributed by atoms with Gasteiger partial charge in [-0.25, -0.2) is 8.42 Å². The van der Waals surface area contributed by atoms with Crippen LogP contribution in [0, 0.1) is 5.92 Å². The molecule has 26 heavy (non-hydrogen) atoms. The van der Waals surface area contributed by atoms with E-state index >= 15 is 0 Å². The molecule has 0 radical (unpaired) electrons. The molecule has 0 fully saturated rings. The fourth-order valence-corrected chi connectivity index (χ4v) is 3.35. The number of anilines is 2. The van der Waals surface area contributed by atoms with Crippen LogP contribution in [-0.2, 0) is 14.8 Å². The van der Waals surface area contributed by atoms with Crippen LogP contribution in [0.1, 0.15) is 20.3 Å². The molecule has 2 aromatic rings. The molecule has 0 aliphatic carbocycles. The minimum Gasteiger partial charge on any atom is -0.325 e. The Morgan fingerprint density at radius 3 is 2.12 bits per heavy atom. The number of hydrogen-bond acceptors (Lipinski definition) is 4. The molecule has 0 spiro atoms. The van der Waals surface area contributed by atoms with E-state index in [0.717, 1.165) is 0 Å². The maximum atomic E-state index is 12.3. The van der Waals surface area contributed by atoms with Gasteiger partial charge in [0.1, 0.15) is 0 Å². The van der Waals surface area contributed by atoms with Crippen molar-refractivity contribution in [3.05, 3.63) is 54.6 Å². The Hall–Kier alpha value is -2.09. The molecule has 1 atom stereocenters. The number of rotatable bonds is 7. The predicted molar refractivity (Wildman–Crippen MR) is 107 cm³/mol. The van der Waals surface area contributed by atoms with Crippen LogP contribution in [0.2, 0.25) is 0 Å². The quantitative estimate of drug-likeness (QED) is 0.667. The summed E-state index contributed by atoms with van der Waals surface area (Å²) >= 11 is 0. The van der Waals surface area contributed by atoms with Gasteiger partial charge in [0, 0.05) is 11.4 Å². The van der Waals surface area contributed by atoms with Gasteiger partial charge in [0.25, 0.3) is 10.0 Å². The van der Waals surface area contributed by atoms with Gasteiger partial charge < -0.3 is 11.1 Å². The van der Waals surface area contributed by atoms with Crippen molar-refractivity contribution < 1.29 is 13.2 Å². The first-order valence-corrected chi connectivity index (χ1v) is 9.50. The van der Waals surface area contributed by atoms with Crippen molar-refractivity contribution in [3.63, 3.8) is 0 Å². The Labute approximate surface area is 160 Å². The first-order chi connectivity index (χ1) is 11.8. The molecule has 2 rings (SSSR count). The summed E-state index contributed by atoms with van der Waals surface area (Å²) in [6.07, 6.45) is 0.583. The highest BCUT2D eigenvalue weighted by molar-refractivity contribution is 7.92. The van der Waals surface area contributed by atoms with E-state index in [2.05, 4.69) is 10.0 Å². The fraction of sp³-hybridized carbons (Fsp3) is 0.278. The van der Waals surface area contributed by atoms with Crippen LogP contribution < -0.4 is 15.8 Å². The molecule has 8 heteroatoms. The third-order valence-electron chi connectivity index (χ3n) is 3.52. The van der Waals surface area contributed by atoms with Gasteiger partial charge in [-0.2, -0.15) is 0 Å². The van der Waals surface area contributed by atoms with Crippen molar-refractivity contribution in [2.45, 2.75) is 31.2 Å². The van der Waals surface area contributed by atoms with E-state index < -0.39 is 16.1 Å². The molecular formula is C18H24ClN3O3S. The van der Waals surface area contributed by atoms with Crippen LogP contribution in [0.4, 0.5) is 11.4 Å². The van der Waals surface area contributed by atoms with Gasteiger partial charge in [0.15, 0.2) is 0 Å². The lowest BCUT2D eigenvalue weighted by Crippen LogP contribution is -2.36. The second kappa shape index (κ2) is 9.56. The zero-order valence-electron chi connectivity index (χ0n) is 14.7. The molecule has 142 valence electrons. The van der Waals surface area contributed by atoms with Gasteiger partial charge in [-0.05, 0) is 48.7 Å². The number of nitrogens with two attached hydrogens (primary N) is 1. The van der Waals surface area contributed by atoms with Gasteiger partial charge in [-0.3, -0.25) is 9.52 Å². The average molecular weight is 398 g/mol. The zero-order chi connectivity index (χ0) is 18.4. The molecule has 1 amide bonds. The lowest BCUT2D eigenvalue weighted by atomic mass is 10.0. The molecule has 6 nitrogen and oxygen atoms in total. The fourth-order valence-electron chi connectivity index (χ4n) is 2.29. The second-order valence-corrected chi connectivity index (χ2v) is 7.90. The van der Waals surface area contributed by atoms with E-state index in [9.17, 15) is 13.2 Å². The van der Waals surface area contributed by atoms with Crippen molar-refractivity contribution in [2.24, 2.45) is 11.7 Å². The van der Waals surface area contributed by atoms with Crippen molar-refractivity contribution >= 4 is 39.7 Å². The molecule has 0 aromatic heterocycles. The van der Waals surface area contributed by atoms with Crippen LogP contribution >= 0.6 is 12.4 Å². The SMILES string of the molecule is CC(C)C[C@H](N)C(=O)Nc1ccc(S(=O)(=O)Nc2ccccc2)cc1.Cl. The van der Waals surface area contributed by atoms with E-state index in [-0.39, 0.29) is 23.2 Å². The summed E-state index contributed by atoms with van der Waals surface area (Å²) in [7, 11) is -3.68. The Morgan fingerprint density at radius 2 is 1.58 bits per heavy atom.